The van der Waals surface area contributed by atoms with E-state index in [1.165, 1.54) is 55.4 Å². The first-order valence-electron chi connectivity index (χ1n) is 7.95. The van der Waals surface area contributed by atoms with Crippen molar-refractivity contribution in [3.05, 3.63) is 34.3 Å². The Bertz CT molecular complexity index is 421. The maximum Gasteiger partial charge on any atom is 0.0320 e. The summed E-state index contributed by atoms with van der Waals surface area (Å²) in [5, 5.41) is 3.65. The molecule has 2 atom stereocenters. The summed E-state index contributed by atoms with van der Waals surface area (Å²) in [7, 11) is 0. The first kappa shape index (κ1) is 14.6. The van der Waals surface area contributed by atoms with Crippen LogP contribution in [0.4, 0.5) is 0 Å². The molecule has 110 valence electrons. The lowest BCUT2D eigenvalue weighted by Crippen LogP contribution is -2.40. The van der Waals surface area contributed by atoms with Crippen LogP contribution < -0.4 is 5.32 Å². The van der Waals surface area contributed by atoms with E-state index >= 15 is 0 Å². The highest BCUT2D eigenvalue weighted by atomic mass is 79.9. The molecule has 1 aliphatic carbocycles. The Balaban J connectivity index is 1.67. The van der Waals surface area contributed by atoms with E-state index in [4.69, 9.17) is 0 Å². The second-order valence-electron chi connectivity index (χ2n) is 6.42. The molecule has 0 radical (unpaired) electrons. The van der Waals surface area contributed by atoms with Crippen molar-refractivity contribution in [3.8, 4) is 0 Å². The largest absolute Gasteiger partial charge is 0.313 e. The topological polar surface area (TPSA) is 15.3 Å². The summed E-state index contributed by atoms with van der Waals surface area (Å²) in [6, 6.07) is 10.1. The molecular weight excluding hydrogens is 312 g/mol. The lowest BCUT2D eigenvalue weighted by molar-refractivity contribution is 0.184. The standard InChI is InChI=1S/C17H25BrN2/c1-13(15-6-8-16(18)9-7-15)20(11-14-4-5-14)12-17-3-2-10-19-17/h6-9,13-14,17,19H,2-5,10-12H2,1H3. The van der Waals surface area contributed by atoms with Gasteiger partial charge in [-0.15, -0.1) is 0 Å². The Kier molecular flexibility index (Phi) is 4.79. The third kappa shape index (κ3) is 3.84. The monoisotopic (exact) mass is 336 g/mol. The lowest BCUT2D eigenvalue weighted by atomic mass is 10.1. The number of halogens is 1. The molecule has 1 aromatic rings. The summed E-state index contributed by atoms with van der Waals surface area (Å²) >= 11 is 3.53. The Morgan fingerprint density at radius 3 is 2.55 bits per heavy atom. The summed E-state index contributed by atoms with van der Waals surface area (Å²) in [6.07, 6.45) is 5.55. The van der Waals surface area contributed by atoms with Crippen molar-refractivity contribution in [2.75, 3.05) is 19.6 Å². The van der Waals surface area contributed by atoms with Gasteiger partial charge >= 0.3 is 0 Å². The van der Waals surface area contributed by atoms with E-state index in [-0.39, 0.29) is 0 Å². The quantitative estimate of drug-likeness (QED) is 0.845. The molecule has 3 heteroatoms. The van der Waals surface area contributed by atoms with Crippen LogP contribution in [-0.4, -0.2) is 30.6 Å². The van der Waals surface area contributed by atoms with Crippen molar-refractivity contribution >= 4 is 15.9 Å². The fraction of sp³-hybridized carbons (Fsp3) is 0.647. The molecule has 0 spiro atoms. The summed E-state index contributed by atoms with van der Waals surface area (Å²) in [5.41, 5.74) is 1.44. The van der Waals surface area contributed by atoms with E-state index in [1.54, 1.807) is 0 Å². The van der Waals surface area contributed by atoms with Gasteiger partial charge < -0.3 is 5.32 Å². The lowest BCUT2D eigenvalue weighted by Gasteiger charge is -2.32. The summed E-state index contributed by atoms with van der Waals surface area (Å²) < 4.78 is 1.17. The van der Waals surface area contributed by atoms with E-state index in [9.17, 15) is 0 Å². The first-order valence-corrected chi connectivity index (χ1v) is 8.74. The predicted molar refractivity (Wildman–Crippen MR) is 87.9 cm³/mol. The highest BCUT2D eigenvalue weighted by molar-refractivity contribution is 9.10. The molecule has 2 nitrogen and oxygen atoms in total. The van der Waals surface area contributed by atoms with Crippen molar-refractivity contribution in [2.45, 2.75) is 44.7 Å². The highest BCUT2D eigenvalue weighted by Gasteiger charge is 2.29. The third-order valence-corrected chi connectivity index (χ3v) is 5.24. The second kappa shape index (κ2) is 6.59. The normalized spacial score (nSPS) is 24.2. The van der Waals surface area contributed by atoms with Crippen LogP contribution in [-0.2, 0) is 0 Å². The van der Waals surface area contributed by atoms with Crippen LogP contribution in [0.15, 0.2) is 28.7 Å². The maximum absolute atomic E-state index is 3.65. The molecule has 1 heterocycles. The van der Waals surface area contributed by atoms with Gasteiger partial charge in [0.05, 0.1) is 0 Å². The van der Waals surface area contributed by atoms with Crippen molar-refractivity contribution in [1.82, 2.24) is 10.2 Å². The average Bonchev–Trinajstić information content (AvgIpc) is 3.12. The third-order valence-electron chi connectivity index (χ3n) is 4.71. The Morgan fingerprint density at radius 1 is 1.20 bits per heavy atom. The van der Waals surface area contributed by atoms with Gasteiger partial charge in [-0.25, -0.2) is 0 Å². The number of nitrogens with zero attached hydrogens (tertiary/aromatic N) is 1. The predicted octanol–water partition coefficient (Wildman–Crippen LogP) is 3.97. The van der Waals surface area contributed by atoms with Crippen LogP contribution in [0.3, 0.4) is 0 Å². The minimum Gasteiger partial charge on any atom is -0.313 e. The minimum absolute atomic E-state index is 0.520. The number of hydrogen-bond donors (Lipinski definition) is 1. The zero-order valence-corrected chi connectivity index (χ0v) is 13.9. The van der Waals surface area contributed by atoms with Gasteiger partial charge in [0.1, 0.15) is 0 Å². The van der Waals surface area contributed by atoms with Crippen molar-refractivity contribution < 1.29 is 0 Å². The van der Waals surface area contributed by atoms with Gasteiger partial charge in [0.2, 0.25) is 0 Å². The smallest absolute Gasteiger partial charge is 0.0320 e. The fourth-order valence-electron chi connectivity index (χ4n) is 3.17. The number of benzene rings is 1. The van der Waals surface area contributed by atoms with Gasteiger partial charge in [0.25, 0.3) is 0 Å². The van der Waals surface area contributed by atoms with Crippen LogP contribution >= 0.6 is 15.9 Å². The van der Waals surface area contributed by atoms with E-state index in [1.807, 2.05) is 0 Å². The van der Waals surface area contributed by atoms with Crippen LogP contribution in [0.1, 0.15) is 44.2 Å². The van der Waals surface area contributed by atoms with Crippen LogP contribution in [0, 0.1) is 5.92 Å². The molecule has 1 aliphatic heterocycles. The Morgan fingerprint density at radius 2 is 1.95 bits per heavy atom. The van der Waals surface area contributed by atoms with E-state index in [0.717, 1.165) is 5.92 Å². The van der Waals surface area contributed by atoms with Crippen LogP contribution in [0.25, 0.3) is 0 Å². The zero-order chi connectivity index (χ0) is 13.9. The number of nitrogens with one attached hydrogen (secondary N) is 1. The van der Waals surface area contributed by atoms with Gasteiger partial charge in [0.15, 0.2) is 0 Å². The molecule has 1 saturated heterocycles. The van der Waals surface area contributed by atoms with Gasteiger partial charge in [0, 0.05) is 29.6 Å². The van der Waals surface area contributed by atoms with Crippen molar-refractivity contribution in [3.63, 3.8) is 0 Å². The van der Waals surface area contributed by atoms with Crippen LogP contribution in [0.2, 0.25) is 0 Å². The summed E-state index contributed by atoms with van der Waals surface area (Å²) in [4.78, 5) is 2.70. The second-order valence-corrected chi connectivity index (χ2v) is 7.33. The maximum atomic E-state index is 3.65. The Hall–Kier alpha value is -0.380. The van der Waals surface area contributed by atoms with E-state index in [2.05, 4.69) is 57.3 Å². The molecule has 2 unspecified atom stereocenters. The van der Waals surface area contributed by atoms with Crippen LogP contribution in [0.5, 0.6) is 0 Å². The minimum atomic E-state index is 0.520. The molecule has 20 heavy (non-hydrogen) atoms. The van der Waals surface area contributed by atoms with E-state index in [0.29, 0.717) is 12.1 Å². The van der Waals surface area contributed by atoms with Gasteiger partial charge in [-0.05, 0) is 62.8 Å². The molecule has 0 amide bonds. The zero-order valence-electron chi connectivity index (χ0n) is 12.3. The summed E-state index contributed by atoms with van der Waals surface area (Å²) in [5.74, 6) is 0.953. The SMILES string of the molecule is CC(c1ccc(Br)cc1)N(CC1CC1)CC1CCCN1. The van der Waals surface area contributed by atoms with Gasteiger partial charge in [-0.2, -0.15) is 0 Å². The first-order chi connectivity index (χ1) is 9.72. The molecule has 3 rings (SSSR count). The Labute approximate surface area is 131 Å². The van der Waals surface area contributed by atoms with Gasteiger partial charge in [-0.1, -0.05) is 28.1 Å². The average molecular weight is 337 g/mol. The van der Waals surface area contributed by atoms with Gasteiger partial charge in [-0.3, -0.25) is 4.90 Å². The molecule has 1 aromatic carbocycles. The molecular formula is C17H25BrN2. The molecule has 2 fully saturated rings. The molecule has 1 N–H and O–H groups in total. The van der Waals surface area contributed by atoms with Crippen molar-refractivity contribution in [2.24, 2.45) is 5.92 Å². The molecule has 1 saturated carbocycles. The summed E-state index contributed by atoms with van der Waals surface area (Å²) in [6.45, 7) is 6.04. The van der Waals surface area contributed by atoms with Crippen molar-refractivity contribution in [1.29, 1.82) is 0 Å². The molecule has 0 aromatic heterocycles. The van der Waals surface area contributed by atoms with E-state index < -0.39 is 0 Å². The number of rotatable bonds is 6. The molecule has 0 bridgehead atoms. The number of hydrogen-bond acceptors (Lipinski definition) is 2. The molecule has 2 aliphatic rings. The highest BCUT2D eigenvalue weighted by Crippen LogP contribution is 2.33. The fourth-order valence-corrected chi connectivity index (χ4v) is 3.43.